The molecule has 0 bridgehead atoms. The van der Waals surface area contributed by atoms with E-state index in [9.17, 15) is 4.79 Å². The zero-order chi connectivity index (χ0) is 14.9. The van der Waals surface area contributed by atoms with Gasteiger partial charge in [0, 0.05) is 24.4 Å². The third kappa shape index (κ3) is 5.30. The second-order valence-corrected chi connectivity index (χ2v) is 4.94. The summed E-state index contributed by atoms with van der Waals surface area (Å²) in [6.45, 7) is 0.691. The minimum Gasteiger partial charge on any atom is -0.494 e. The van der Waals surface area contributed by atoms with Crippen molar-refractivity contribution in [2.45, 2.75) is 32.1 Å². The SMILES string of the molecule is NC(=O)c1ccc(OCCCCCCc2ncc[nH]2)cc1. The first kappa shape index (κ1) is 15.1. The minimum absolute atomic E-state index is 0.418. The highest BCUT2D eigenvalue weighted by Gasteiger charge is 2.00. The first-order valence-corrected chi connectivity index (χ1v) is 7.26. The lowest BCUT2D eigenvalue weighted by atomic mass is 10.1. The number of nitrogens with zero attached hydrogens (tertiary/aromatic N) is 1. The molecule has 112 valence electrons. The van der Waals surface area contributed by atoms with Gasteiger partial charge in [0.1, 0.15) is 11.6 Å². The number of benzene rings is 1. The van der Waals surface area contributed by atoms with Crippen LogP contribution in [0.15, 0.2) is 36.7 Å². The standard InChI is InChI=1S/C16H21N3O2/c17-16(20)13-6-8-14(9-7-13)21-12-4-2-1-3-5-15-18-10-11-19-15/h6-11H,1-5,12H2,(H2,17,20)(H,18,19). The molecule has 0 radical (unpaired) electrons. The van der Waals surface area contributed by atoms with Gasteiger partial charge in [0.25, 0.3) is 0 Å². The number of nitrogens with one attached hydrogen (secondary N) is 1. The van der Waals surface area contributed by atoms with Gasteiger partial charge in [-0.25, -0.2) is 4.98 Å². The van der Waals surface area contributed by atoms with E-state index in [1.165, 1.54) is 6.42 Å². The van der Waals surface area contributed by atoms with Crippen molar-refractivity contribution in [3.8, 4) is 5.75 Å². The Morgan fingerprint density at radius 2 is 1.90 bits per heavy atom. The van der Waals surface area contributed by atoms with Gasteiger partial charge in [0.15, 0.2) is 0 Å². The summed E-state index contributed by atoms with van der Waals surface area (Å²) in [4.78, 5) is 18.2. The fourth-order valence-electron chi connectivity index (χ4n) is 2.09. The summed E-state index contributed by atoms with van der Waals surface area (Å²) >= 11 is 0. The number of aromatic nitrogens is 2. The maximum Gasteiger partial charge on any atom is 0.248 e. The first-order chi connectivity index (χ1) is 10.3. The first-order valence-electron chi connectivity index (χ1n) is 7.26. The molecule has 3 N–H and O–H groups in total. The van der Waals surface area contributed by atoms with Crippen LogP contribution in [-0.2, 0) is 6.42 Å². The summed E-state index contributed by atoms with van der Waals surface area (Å²) < 4.78 is 5.62. The van der Waals surface area contributed by atoms with Crippen LogP contribution in [0, 0.1) is 0 Å². The fourth-order valence-corrected chi connectivity index (χ4v) is 2.09. The van der Waals surface area contributed by atoms with Crippen LogP contribution in [-0.4, -0.2) is 22.5 Å². The number of aromatic amines is 1. The molecule has 0 atom stereocenters. The highest BCUT2D eigenvalue weighted by atomic mass is 16.5. The number of aryl methyl sites for hydroxylation is 1. The highest BCUT2D eigenvalue weighted by molar-refractivity contribution is 5.92. The van der Waals surface area contributed by atoms with E-state index < -0.39 is 5.91 Å². The van der Waals surface area contributed by atoms with E-state index in [4.69, 9.17) is 10.5 Å². The average molecular weight is 287 g/mol. The number of rotatable bonds is 9. The van der Waals surface area contributed by atoms with Crippen molar-refractivity contribution in [3.05, 3.63) is 48.0 Å². The minimum atomic E-state index is -0.418. The molecule has 0 fully saturated rings. The Hall–Kier alpha value is -2.30. The van der Waals surface area contributed by atoms with Crippen LogP contribution in [0.2, 0.25) is 0 Å². The molecule has 1 amide bonds. The average Bonchev–Trinajstić information content (AvgIpc) is 3.00. The van der Waals surface area contributed by atoms with E-state index >= 15 is 0 Å². The molecule has 0 aliphatic carbocycles. The number of amides is 1. The molecular formula is C16H21N3O2. The quantitative estimate of drug-likeness (QED) is 0.696. The number of H-pyrrole nitrogens is 1. The molecule has 1 heterocycles. The van der Waals surface area contributed by atoms with Crippen LogP contribution in [0.4, 0.5) is 0 Å². The Labute approximate surface area is 124 Å². The third-order valence-electron chi connectivity index (χ3n) is 3.27. The third-order valence-corrected chi connectivity index (χ3v) is 3.27. The molecule has 2 rings (SSSR count). The van der Waals surface area contributed by atoms with Gasteiger partial charge < -0.3 is 15.5 Å². The number of unbranched alkanes of at least 4 members (excludes halogenated alkanes) is 3. The Bertz CT molecular complexity index is 535. The predicted octanol–water partition coefficient (Wildman–Crippen LogP) is 2.69. The van der Waals surface area contributed by atoms with Crippen molar-refractivity contribution in [1.82, 2.24) is 9.97 Å². The monoisotopic (exact) mass is 287 g/mol. The lowest BCUT2D eigenvalue weighted by molar-refractivity contribution is 0.100. The molecule has 2 aromatic rings. The van der Waals surface area contributed by atoms with Gasteiger partial charge in [-0.05, 0) is 37.1 Å². The van der Waals surface area contributed by atoms with Gasteiger partial charge >= 0.3 is 0 Å². The van der Waals surface area contributed by atoms with Gasteiger partial charge in [-0.2, -0.15) is 0 Å². The van der Waals surface area contributed by atoms with Crippen LogP contribution >= 0.6 is 0 Å². The van der Waals surface area contributed by atoms with Crippen molar-refractivity contribution < 1.29 is 9.53 Å². The Morgan fingerprint density at radius 1 is 1.14 bits per heavy atom. The van der Waals surface area contributed by atoms with Gasteiger partial charge in [0.2, 0.25) is 5.91 Å². The van der Waals surface area contributed by atoms with Gasteiger partial charge in [-0.3, -0.25) is 4.79 Å². The van der Waals surface area contributed by atoms with Crippen molar-refractivity contribution in [2.75, 3.05) is 6.61 Å². The summed E-state index contributed by atoms with van der Waals surface area (Å²) in [5.41, 5.74) is 5.68. The number of hydrogen-bond acceptors (Lipinski definition) is 3. The molecule has 1 aromatic heterocycles. The molecular weight excluding hydrogens is 266 g/mol. The summed E-state index contributed by atoms with van der Waals surface area (Å²) in [5.74, 6) is 1.41. The maximum absolute atomic E-state index is 10.9. The molecule has 21 heavy (non-hydrogen) atoms. The zero-order valence-electron chi connectivity index (χ0n) is 12.0. The van der Waals surface area contributed by atoms with Crippen LogP contribution in [0.25, 0.3) is 0 Å². The molecule has 0 saturated carbocycles. The maximum atomic E-state index is 10.9. The highest BCUT2D eigenvalue weighted by Crippen LogP contribution is 2.13. The number of imidazole rings is 1. The van der Waals surface area contributed by atoms with Crippen molar-refractivity contribution in [2.24, 2.45) is 5.73 Å². The lowest BCUT2D eigenvalue weighted by Gasteiger charge is -2.06. The van der Waals surface area contributed by atoms with E-state index in [1.807, 2.05) is 6.20 Å². The molecule has 0 saturated heterocycles. The number of primary amides is 1. The molecule has 5 nitrogen and oxygen atoms in total. The van der Waals surface area contributed by atoms with E-state index in [0.717, 1.165) is 37.3 Å². The summed E-state index contributed by atoms with van der Waals surface area (Å²) in [6.07, 6.45) is 9.11. The predicted molar refractivity (Wildman–Crippen MR) is 81.2 cm³/mol. The van der Waals surface area contributed by atoms with Crippen LogP contribution < -0.4 is 10.5 Å². The molecule has 0 spiro atoms. The van der Waals surface area contributed by atoms with Crippen LogP contribution in [0.3, 0.4) is 0 Å². The Kier molecular flexibility index (Phi) is 5.82. The lowest BCUT2D eigenvalue weighted by Crippen LogP contribution is -2.10. The topological polar surface area (TPSA) is 81.0 Å². The van der Waals surface area contributed by atoms with Crippen molar-refractivity contribution in [3.63, 3.8) is 0 Å². The summed E-state index contributed by atoms with van der Waals surface area (Å²) in [7, 11) is 0. The molecule has 5 heteroatoms. The van der Waals surface area contributed by atoms with E-state index in [2.05, 4.69) is 9.97 Å². The second kappa shape index (κ2) is 8.09. The van der Waals surface area contributed by atoms with Gasteiger partial charge in [-0.15, -0.1) is 0 Å². The smallest absolute Gasteiger partial charge is 0.248 e. The number of hydrogen-bond donors (Lipinski definition) is 2. The van der Waals surface area contributed by atoms with Crippen molar-refractivity contribution in [1.29, 1.82) is 0 Å². The van der Waals surface area contributed by atoms with E-state index in [1.54, 1.807) is 30.5 Å². The molecule has 0 aliphatic rings. The number of carbonyl (C=O) groups is 1. The van der Waals surface area contributed by atoms with Crippen LogP contribution in [0.5, 0.6) is 5.75 Å². The van der Waals surface area contributed by atoms with Crippen LogP contribution in [0.1, 0.15) is 41.9 Å². The molecule has 1 aromatic carbocycles. The zero-order valence-corrected chi connectivity index (χ0v) is 12.0. The largest absolute Gasteiger partial charge is 0.494 e. The second-order valence-electron chi connectivity index (χ2n) is 4.94. The Morgan fingerprint density at radius 3 is 2.57 bits per heavy atom. The number of ether oxygens (including phenoxy) is 1. The normalized spacial score (nSPS) is 10.5. The number of nitrogens with two attached hydrogens (primary N) is 1. The van der Waals surface area contributed by atoms with E-state index in [-0.39, 0.29) is 0 Å². The molecule has 0 aliphatic heterocycles. The summed E-state index contributed by atoms with van der Waals surface area (Å²) in [5, 5.41) is 0. The van der Waals surface area contributed by atoms with Gasteiger partial charge in [-0.1, -0.05) is 12.8 Å². The number of carbonyl (C=O) groups excluding carboxylic acids is 1. The van der Waals surface area contributed by atoms with Gasteiger partial charge in [0.05, 0.1) is 6.61 Å². The molecule has 0 unspecified atom stereocenters. The van der Waals surface area contributed by atoms with E-state index in [0.29, 0.717) is 12.2 Å². The van der Waals surface area contributed by atoms with Crippen molar-refractivity contribution >= 4 is 5.91 Å². The summed E-state index contributed by atoms with van der Waals surface area (Å²) in [6, 6.07) is 6.91. The fraction of sp³-hybridized carbons (Fsp3) is 0.375. The Balaban J connectivity index is 1.54.